The molecular weight excluding hydrogens is 364 g/mol. The molecule has 3 rings (SSSR count). The van der Waals surface area contributed by atoms with E-state index in [9.17, 15) is 8.42 Å². The molecule has 0 saturated heterocycles. The molecular formula is C17H15ClN2O2S2. The third-order valence-electron chi connectivity index (χ3n) is 3.51. The first-order chi connectivity index (χ1) is 11.5. The molecule has 0 fully saturated rings. The summed E-state index contributed by atoms with van der Waals surface area (Å²) in [6, 6.07) is 14.7. The van der Waals surface area contributed by atoms with Gasteiger partial charge in [-0.3, -0.25) is 4.72 Å². The Bertz CT molecular complexity index is 954. The van der Waals surface area contributed by atoms with Crippen LogP contribution in [0, 0.1) is 6.92 Å². The lowest BCUT2D eigenvalue weighted by Crippen LogP contribution is -2.14. The van der Waals surface area contributed by atoms with Crippen LogP contribution in [0.4, 0.5) is 5.13 Å². The molecule has 0 aliphatic carbocycles. The highest BCUT2D eigenvalue weighted by molar-refractivity contribution is 7.93. The molecule has 0 spiro atoms. The topological polar surface area (TPSA) is 59.1 Å². The summed E-state index contributed by atoms with van der Waals surface area (Å²) in [6.45, 7) is 1.68. The molecule has 7 heteroatoms. The minimum absolute atomic E-state index is 0.162. The van der Waals surface area contributed by atoms with Gasteiger partial charge in [0.05, 0.1) is 10.6 Å². The van der Waals surface area contributed by atoms with Crippen molar-refractivity contribution in [2.45, 2.75) is 18.2 Å². The van der Waals surface area contributed by atoms with Crippen LogP contribution in [0.25, 0.3) is 0 Å². The van der Waals surface area contributed by atoms with Gasteiger partial charge in [0.15, 0.2) is 5.13 Å². The summed E-state index contributed by atoms with van der Waals surface area (Å²) < 4.78 is 27.6. The zero-order valence-corrected chi connectivity index (χ0v) is 15.3. The number of rotatable bonds is 5. The number of hydrogen-bond donors (Lipinski definition) is 1. The molecule has 1 N–H and O–H groups in total. The van der Waals surface area contributed by atoms with Gasteiger partial charge in [0, 0.05) is 16.8 Å². The van der Waals surface area contributed by atoms with Crippen LogP contribution in [0.2, 0.25) is 5.02 Å². The maximum atomic E-state index is 12.5. The first-order valence-electron chi connectivity index (χ1n) is 7.22. The second kappa shape index (κ2) is 6.93. The van der Waals surface area contributed by atoms with Gasteiger partial charge in [0.1, 0.15) is 0 Å². The highest BCUT2D eigenvalue weighted by atomic mass is 35.5. The highest BCUT2D eigenvalue weighted by Gasteiger charge is 2.19. The number of halogens is 1. The summed E-state index contributed by atoms with van der Waals surface area (Å²) in [7, 11) is -3.71. The van der Waals surface area contributed by atoms with E-state index in [1.165, 1.54) is 17.4 Å². The van der Waals surface area contributed by atoms with Crippen LogP contribution in [-0.4, -0.2) is 13.4 Å². The third kappa shape index (κ3) is 3.77. The Morgan fingerprint density at radius 1 is 1.12 bits per heavy atom. The summed E-state index contributed by atoms with van der Waals surface area (Å²) in [4.78, 5) is 4.53. The monoisotopic (exact) mass is 378 g/mol. The van der Waals surface area contributed by atoms with Crippen LogP contribution in [0.3, 0.4) is 0 Å². The third-order valence-corrected chi connectivity index (χ3v) is 6.34. The summed E-state index contributed by atoms with van der Waals surface area (Å²) in [6.07, 6.45) is 0.662. The van der Waals surface area contributed by atoms with Gasteiger partial charge < -0.3 is 0 Å². The van der Waals surface area contributed by atoms with Crippen molar-refractivity contribution in [3.05, 3.63) is 75.8 Å². The van der Waals surface area contributed by atoms with Crippen molar-refractivity contribution in [2.24, 2.45) is 0 Å². The Labute approximate surface area is 150 Å². The smallest absolute Gasteiger partial charge is 0.255 e. The van der Waals surface area contributed by atoms with Crippen LogP contribution >= 0.6 is 22.9 Å². The summed E-state index contributed by atoms with van der Waals surface area (Å²) in [5.41, 5.74) is 2.47. The summed E-state index contributed by atoms with van der Waals surface area (Å²) in [5, 5.41) is 2.62. The van der Waals surface area contributed by atoms with Crippen LogP contribution in [0.15, 0.2) is 58.8 Å². The van der Waals surface area contributed by atoms with E-state index in [4.69, 9.17) is 11.6 Å². The quantitative estimate of drug-likeness (QED) is 0.711. The van der Waals surface area contributed by atoms with Crippen molar-refractivity contribution < 1.29 is 8.42 Å². The van der Waals surface area contributed by atoms with Crippen LogP contribution < -0.4 is 4.72 Å². The fourth-order valence-electron chi connectivity index (χ4n) is 2.29. The molecule has 1 heterocycles. The van der Waals surface area contributed by atoms with Gasteiger partial charge in [-0.2, -0.15) is 0 Å². The number of nitrogens with one attached hydrogen (secondary N) is 1. The maximum Gasteiger partial charge on any atom is 0.263 e. The van der Waals surface area contributed by atoms with Gasteiger partial charge in [0.2, 0.25) is 0 Å². The first-order valence-corrected chi connectivity index (χ1v) is 9.96. The Morgan fingerprint density at radius 3 is 2.62 bits per heavy atom. The zero-order valence-electron chi connectivity index (χ0n) is 12.9. The number of anilines is 1. The van der Waals surface area contributed by atoms with E-state index in [2.05, 4.69) is 9.71 Å². The van der Waals surface area contributed by atoms with Gasteiger partial charge in [0.25, 0.3) is 10.0 Å². The van der Waals surface area contributed by atoms with Crippen LogP contribution in [0.5, 0.6) is 0 Å². The van der Waals surface area contributed by atoms with Gasteiger partial charge in [-0.15, -0.1) is 11.3 Å². The van der Waals surface area contributed by atoms with E-state index in [0.717, 1.165) is 11.3 Å². The fourth-order valence-corrected chi connectivity index (χ4v) is 4.75. The Kier molecular flexibility index (Phi) is 4.89. The van der Waals surface area contributed by atoms with Gasteiger partial charge in [-0.25, -0.2) is 13.4 Å². The zero-order chi connectivity index (χ0) is 17.2. The van der Waals surface area contributed by atoms with Crippen molar-refractivity contribution in [2.75, 3.05) is 4.72 Å². The summed E-state index contributed by atoms with van der Waals surface area (Å²) >= 11 is 7.28. The molecule has 2 aromatic carbocycles. The molecule has 0 atom stereocenters. The molecule has 0 saturated carbocycles. The predicted molar refractivity (Wildman–Crippen MR) is 98.4 cm³/mol. The average molecular weight is 379 g/mol. The van der Waals surface area contributed by atoms with E-state index in [1.807, 2.05) is 35.7 Å². The predicted octanol–water partition coefficient (Wildman–Crippen LogP) is 4.50. The molecule has 3 aromatic rings. The second-order valence-electron chi connectivity index (χ2n) is 5.27. The number of benzene rings is 2. The largest absolute Gasteiger partial charge is 0.263 e. The molecule has 0 aliphatic rings. The van der Waals surface area contributed by atoms with E-state index >= 15 is 0 Å². The van der Waals surface area contributed by atoms with E-state index in [-0.39, 0.29) is 4.90 Å². The van der Waals surface area contributed by atoms with E-state index < -0.39 is 10.0 Å². The van der Waals surface area contributed by atoms with Gasteiger partial charge >= 0.3 is 0 Å². The van der Waals surface area contributed by atoms with Crippen molar-refractivity contribution >= 4 is 38.1 Å². The number of sulfonamides is 1. The van der Waals surface area contributed by atoms with Crippen molar-refractivity contribution in [3.8, 4) is 0 Å². The molecule has 0 radical (unpaired) electrons. The maximum absolute atomic E-state index is 12.5. The molecule has 124 valence electrons. The first kappa shape index (κ1) is 17.0. The normalized spacial score (nSPS) is 11.4. The van der Waals surface area contributed by atoms with Gasteiger partial charge in [-0.1, -0.05) is 48.0 Å². The van der Waals surface area contributed by atoms with E-state index in [0.29, 0.717) is 22.1 Å². The number of thiazole rings is 1. The second-order valence-corrected chi connectivity index (χ2v) is 8.19. The van der Waals surface area contributed by atoms with Crippen LogP contribution in [0.1, 0.15) is 16.8 Å². The molecule has 0 aliphatic heterocycles. The molecule has 0 amide bonds. The molecule has 0 unspecified atom stereocenters. The number of aromatic nitrogens is 1. The summed E-state index contributed by atoms with van der Waals surface area (Å²) in [5.74, 6) is 0. The van der Waals surface area contributed by atoms with Crippen molar-refractivity contribution in [3.63, 3.8) is 0 Å². The lowest BCUT2D eigenvalue weighted by Gasteiger charge is -2.09. The standard InChI is InChI=1S/C17H15ClN2O2S2/c1-12-15(18)8-5-9-16(12)24(21,22)20-17-19-14(11-23-17)10-13-6-3-2-4-7-13/h2-9,11H,10H2,1H3,(H,19,20). The molecule has 1 aromatic heterocycles. The average Bonchev–Trinajstić information content (AvgIpc) is 2.97. The minimum Gasteiger partial charge on any atom is -0.255 e. The van der Waals surface area contributed by atoms with Crippen molar-refractivity contribution in [1.82, 2.24) is 4.98 Å². The lowest BCUT2D eigenvalue weighted by atomic mass is 10.1. The molecule has 4 nitrogen and oxygen atoms in total. The van der Waals surface area contributed by atoms with Gasteiger partial charge in [-0.05, 0) is 30.2 Å². The van der Waals surface area contributed by atoms with Crippen molar-refractivity contribution in [1.29, 1.82) is 0 Å². The fraction of sp³-hybridized carbons (Fsp3) is 0.118. The highest BCUT2D eigenvalue weighted by Crippen LogP contribution is 2.26. The number of nitrogens with zero attached hydrogens (tertiary/aromatic N) is 1. The van der Waals surface area contributed by atoms with Crippen LogP contribution in [-0.2, 0) is 16.4 Å². The van der Waals surface area contributed by atoms with E-state index in [1.54, 1.807) is 19.1 Å². The minimum atomic E-state index is -3.71. The Balaban J connectivity index is 1.80. The lowest BCUT2D eigenvalue weighted by molar-refractivity contribution is 0.600. The Morgan fingerprint density at radius 2 is 1.88 bits per heavy atom. The SMILES string of the molecule is Cc1c(Cl)cccc1S(=O)(=O)Nc1nc(Cc2ccccc2)cs1. The number of hydrogen-bond acceptors (Lipinski definition) is 4. The molecule has 24 heavy (non-hydrogen) atoms. The Hall–Kier alpha value is -1.89. The molecule has 0 bridgehead atoms.